The summed E-state index contributed by atoms with van der Waals surface area (Å²) in [5.41, 5.74) is 0.321. The van der Waals surface area contributed by atoms with Crippen molar-refractivity contribution in [3.8, 4) is 11.6 Å². The number of para-hydroxylation sites is 1. The number of hydrogen-bond acceptors (Lipinski definition) is 11. The molecule has 17 heteroatoms. The SMILES string of the molecule is CCOC(=O)ON1CCN(C(=O)[C@H](CCC(=O)O)NC(=O)c2cc(OCC(=O)N3CC[C@H]3C(=O)O)n(-c3ccccc3)n2)CC1. The third-order valence-electron chi connectivity index (χ3n) is 7.15. The van der Waals surface area contributed by atoms with Crippen LogP contribution in [-0.4, -0.2) is 129 Å². The van der Waals surface area contributed by atoms with E-state index in [1.54, 1.807) is 37.3 Å². The topological polar surface area (TPSA) is 210 Å². The van der Waals surface area contributed by atoms with Gasteiger partial charge in [-0.2, -0.15) is 5.10 Å². The predicted octanol–water partition coefficient (Wildman–Crippen LogP) is 0.132. The molecule has 0 spiro atoms. The lowest BCUT2D eigenvalue weighted by Gasteiger charge is -2.37. The van der Waals surface area contributed by atoms with Gasteiger partial charge >= 0.3 is 18.1 Å². The zero-order valence-electron chi connectivity index (χ0n) is 24.5. The van der Waals surface area contributed by atoms with Gasteiger partial charge in [0.2, 0.25) is 11.8 Å². The van der Waals surface area contributed by atoms with Crippen molar-refractivity contribution in [3.05, 3.63) is 42.1 Å². The molecule has 242 valence electrons. The van der Waals surface area contributed by atoms with Crippen LogP contribution in [0.25, 0.3) is 5.69 Å². The molecule has 0 aliphatic carbocycles. The Kier molecular flexibility index (Phi) is 10.9. The van der Waals surface area contributed by atoms with Gasteiger partial charge < -0.3 is 39.6 Å². The molecule has 4 rings (SSSR count). The molecule has 2 fully saturated rings. The number of nitrogens with zero attached hydrogens (tertiary/aromatic N) is 5. The van der Waals surface area contributed by atoms with E-state index in [0.29, 0.717) is 12.1 Å². The number of nitrogens with one attached hydrogen (secondary N) is 1. The monoisotopic (exact) mass is 630 g/mol. The number of likely N-dealkylation sites (tertiary alicyclic amines) is 1. The van der Waals surface area contributed by atoms with Gasteiger partial charge in [0.1, 0.15) is 12.1 Å². The van der Waals surface area contributed by atoms with Gasteiger partial charge in [-0.25, -0.2) is 14.3 Å². The van der Waals surface area contributed by atoms with Crippen LogP contribution >= 0.6 is 0 Å². The van der Waals surface area contributed by atoms with Crippen LogP contribution < -0.4 is 10.1 Å². The molecule has 2 atom stereocenters. The standard InChI is InChI=1S/C28H34N6O11/c1-2-43-28(42)45-32-14-12-31(13-15-32)26(39)19(8-9-24(36)37)29-25(38)20-16-23(34(30-20)18-6-4-3-5-7-18)44-17-22(35)33-11-10-21(33)27(40)41/h3-7,16,19,21H,2,8-15,17H2,1H3,(H,29,38)(H,36,37)(H,40,41)/t19-,21-/m0/s1. The first kappa shape index (κ1) is 32.7. The summed E-state index contributed by atoms with van der Waals surface area (Å²) in [6.45, 7) is 2.20. The van der Waals surface area contributed by atoms with E-state index >= 15 is 0 Å². The van der Waals surface area contributed by atoms with Crippen molar-refractivity contribution in [1.29, 1.82) is 0 Å². The first-order valence-electron chi connectivity index (χ1n) is 14.3. The lowest BCUT2D eigenvalue weighted by Crippen LogP contribution is -2.56. The Balaban J connectivity index is 1.46. The minimum absolute atomic E-state index is 0.0123. The maximum Gasteiger partial charge on any atom is 0.527 e. The maximum absolute atomic E-state index is 13.4. The summed E-state index contributed by atoms with van der Waals surface area (Å²) >= 11 is 0. The molecule has 0 radical (unpaired) electrons. The number of amides is 3. The van der Waals surface area contributed by atoms with Crippen molar-refractivity contribution < 1.29 is 53.3 Å². The van der Waals surface area contributed by atoms with Gasteiger partial charge in [0.25, 0.3) is 11.8 Å². The normalized spacial score (nSPS) is 17.0. The quantitative estimate of drug-likeness (QED) is 0.252. The smallest absolute Gasteiger partial charge is 0.481 e. The summed E-state index contributed by atoms with van der Waals surface area (Å²) < 4.78 is 11.7. The Labute approximate surface area is 257 Å². The molecule has 2 aliphatic heterocycles. The molecule has 2 aromatic rings. The molecular weight excluding hydrogens is 596 g/mol. The molecule has 3 heterocycles. The highest BCUT2D eigenvalue weighted by Gasteiger charge is 2.38. The first-order chi connectivity index (χ1) is 21.6. The van der Waals surface area contributed by atoms with Crippen molar-refractivity contribution in [2.75, 3.05) is 45.9 Å². The van der Waals surface area contributed by atoms with Gasteiger partial charge in [-0.15, -0.1) is 5.06 Å². The zero-order chi connectivity index (χ0) is 32.5. The summed E-state index contributed by atoms with van der Waals surface area (Å²) in [5.74, 6) is -4.11. The number of hydroxylamine groups is 2. The van der Waals surface area contributed by atoms with Gasteiger partial charge in [-0.05, 0) is 31.9 Å². The molecule has 45 heavy (non-hydrogen) atoms. The molecule has 1 aromatic carbocycles. The van der Waals surface area contributed by atoms with Crippen LogP contribution in [0.4, 0.5) is 4.79 Å². The summed E-state index contributed by atoms with van der Waals surface area (Å²) in [5, 5.41) is 26.7. The van der Waals surface area contributed by atoms with Gasteiger partial charge in [0.05, 0.1) is 25.4 Å². The highest BCUT2D eigenvalue weighted by molar-refractivity contribution is 5.96. The van der Waals surface area contributed by atoms with Crippen LogP contribution in [0.15, 0.2) is 36.4 Å². The highest BCUT2D eigenvalue weighted by Crippen LogP contribution is 2.22. The lowest BCUT2D eigenvalue weighted by molar-refractivity contribution is -0.158. The van der Waals surface area contributed by atoms with Gasteiger partial charge in [0, 0.05) is 32.1 Å². The Morgan fingerprint density at radius 3 is 2.33 bits per heavy atom. The van der Waals surface area contributed by atoms with E-state index in [0.717, 1.165) is 0 Å². The predicted molar refractivity (Wildman–Crippen MR) is 151 cm³/mol. The molecule has 3 amide bonds. The fourth-order valence-corrected chi connectivity index (χ4v) is 4.72. The van der Waals surface area contributed by atoms with Gasteiger partial charge in [-0.3, -0.25) is 19.2 Å². The highest BCUT2D eigenvalue weighted by atomic mass is 16.8. The van der Waals surface area contributed by atoms with E-state index < -0.39 is 60.9 Å². The molecule has 3 N–H and O–H groups in total. The second-order valence-corrected chi connectivity index (χ2v) is 10.1. The first-order valence-corrected chi connectivity index (χ1v) is 14.3. The molecule has 17 nitrogen and oxygen atoms in total. The second-order valence-electron chi connectivity index (χ2n) is 10.1. The third kappa shape index (κ3) is 8.47. The van der Waals surface area contributed by atoms with E-state index in [2.05, 4.69) is 10.4 Å². The number of rotatable bonds is 13. The number of benzene rings is 1. The lowest BCUT2D eigenvalue weighted by atomic mass is 10.0. The van der Waals surface area contributed by atoms with Crippen LogP contribution in [0.2, 0.25) is 0 Å². The number of carboxylic acid groups (broad SMARTS) is 2. The van der Waals surface area contributed by atoms with Crippen LogP contribution in [0.3, 0.4) is 0 Å². The van der Waals surface area contributed by atoms with E-state index in [1.165, 1.54) is 25.6 Å². The van der Waals surface area contributed by atoms with E-state index in [9.17, 15) is 39.0 Å². The fraction of sp³-hybridized carbons (Fsp3) is 0.464. The second kappa shape index (κ2) is 15.0. The van der Waals surface area contributed by atoms with Crippen LogP contribution in [-0.2, 0) is 28.8 Å². The number of ether oxygens (including phenoxy) is 2. The number of carbonyl (C=O) groups excluding carboxylic acids is 4. The number of carbonyl (C=O) groups is 6. The molecule has 0 bridgehead atoms. The summed E-state index contributed by atoms with van der Waals surface area (Å²) in [7, 11) is 0. The Bertz CT molecular complexity index is 1410. The largest absolute Gasteiger partial charge is 0.527 e. The molecule has 0 saturated carbocycles. The van der Waals surface area contributed by atoms with E-state index in [-0.39, 0.29) is 57.3 Å². The molecular formula is C28H34N6O11. The van der Waals surface area contributed by atoms with Crippen molar-refractivity contribution >= 4 is 35.8 Å². The van der Waals surface area contributed by atoms with E-state index in [1.807, 2.05) is 0 Å². The maximum atomic E-state index is 13.4. The number of carboxylic acids is 2. The summed E-state index contributed by atoms with van der Waals surface area (Å²) in [6.07, 6.45) is -1.12. The number of aromatic nitrogens is 2. The van der Waals surface area contributed by atoms with Crippen LogP contribution in [0.1, 0.15) is 36.7 Å². The Hall–Kier alpha value is -5.19. The average molecular weight is 631 g/mol. The minimum Gasteiger partial charge on any atom is -0.481 e. The summed E-state index contributed by atoms with van der Waals surface area (Å²) in [6, 6.07) is 7.72. The number of piperazine rings is 1. The zero-order valence-corrected chi connectivity index (χ0v) is 24.5. The average Bonchev–Trinajstić information content (AvgIpc) is 3.42. The fourth-order valence-electron chi connectivity index (χ4n) is 4.72. The molecule has 2 saturated heterocycles. The molecule has 0 unspecified atom stereocenters. The molecule has 2 aliphatic rings. The van der Waals surface area contributed by atoms with Crippen LogP contribution in [0.5, 0.6) is 5.88 Å². The van der Waals surface area contributed by atoms with Gasteiger partial charge in [0.15, 0.2) is 12.3 Å². The van der Waals surface area contributed by atoms with E-state index in [4.69, 9.17) is 14.3 Å². The Morgan fingerprint density at radius 2 is 1.73 bits per heavy atom. The van der Waals surface area contributed by atoms with Gasteiger partial charge in [-0.1, -0.05) is 18.2 Å². The Morgan fingerprint density at radius 1 is 1.02 bits per heavy atom. The van der Waals surface area contributed by atoms with Crippen molar-refractivity contribution in [2.45, 2.75) is 38.3 Å². The van der Waals surface area contributed by atoms with Crippen molar-refractivity contribution in [1.82, 2.24) is 30.0 Å². The minimum atomic E-state index is -1.21. The van der Waals surface area contributed by atoms with Crippen LogP contribution in [0, 0.1) is 0 Å². The molecule has 1 aromatic heterocycles. The summed E-state index contributed by atoms with van der Waals surface area (Å²) in [4.78, 5) is 81.2. The van der Waals surface area contributed by atoms with Crippen molar-refractivity contribution in [2.24, 2.45) is 0 Å². The number of hydrogen-bond donors (Lipinski definition) is 3. The third-order valence-corrected chi connectivity index (χ3v) is 7.15. The van der Waals surface area contributed by atoms with Crippen molar-refractivity contribution in [3.63, 3.8) is 0 Å². The number of aliphatic carboxylic acids is 2.